The highest BCUT2D eigenvalue weighted by atomic mass is 35.5. The molecule has 0 amide bonds. The van der Waals surface area contributed by atoms with Gasteiger partial charge in [-0.3, -0.25) is 0 Å². The number of nitrogens with zero attached hydrogens (tertiary/aromatic N) is 2. The number of hydrogen-bond donors (Lipinski definition) is 0. The van der Waals surface area contributed by atoms with Crippen LogP contribution in [-0.2, 0) is 9.75 Å². The van der Waals surface area contributed by atoms with E-state index in [9.17, 15) is 10.5 Å². The Morgan fingerprint density at radius 1 is 0.650 bits per heavy atom. The zero-order valence-corrected chi connectivity index (χ0v) is 11.9. The molecule has 0 saturated carbocycles. The molecule has 2 nitrogen and oxygen atoms in total. The molecule has 0 heterocycles. The van der Waals surface area contributed by atoms with Crippen LogP contribution in [0, 0.1) is 22.7 Å². The predicted octanol–water partition coefficient (Wildman–Crippen LogP) is 4.30. The summed E-state index contributed by atoms with van der Waals surface area (Å²) in [6.07, 6.45) is 0. The van der Waals surface area contributed by atoms with Crippen molar-refractivity contribution in [1.82, 2.24) is 0 Å². The number of hydrogen-bond acceptors (Lipinski definition) is 2. The number of nitriles is 2. The molecule has 0 fully saturated rings. The molecule has 2 aromatic carbocycles. The Labute approximate surface area is 127 Å². The first-order valence-electron chi connectivity index (χ1n) is 5.90. The van der Waals surface area contributed by atoms with Crippen molar-refractivity contribution in [1.29, 1.82) is 10.5 Å². The van der Waals surface area contributed by atoms with Crippen LogP contribution in [0.2, 0.25) is 0 Å². The van der Waals surface area contributed by atoms with Gasteiger partial charge in [0.1, 0.15) is 0 Å². The van der Waals surface area contributed by atoms with E-state index in [1.807, 2.05) is 24.3 Å². The van der Waals surface area contributed by atoms with Crippen molar-refractivity contribution in [3.05, 3.63) is 71.8 Å². The minimum Gasteiger partial charge on any atom is -0.196 e. The molecule has 4 heteroatoms. The third-order valence-electron chi connectivity index (χ3n) is 3.13. The molecule has 0 N–H and O–H groups in total. The van der Waals surface area contributed by atoms with Crippen LogP contribution in [0.15, 0.2) is 60.7 Å². The Morgan fingerprint density at radius 2 is 0.950 bits per heavy atom. The van der Waals surface area contributed by atoms with E-state index in [0.717, 1.165) is 0 Å². The quantitative estimate of drug-likeness (QED) is 0.793. The zero-order valence-electron chi connectivity index (χ0n) is 10.4. The van der Waals surface area contributed by atoms with E-state index in [2.05, 4.69) is 0 Å². The summed E-state index contributed by atoms with van der Waals surface area (Å²) in [5, 5.41) is 19.1. The van der Waals surface area contributed by atoms with E-state index in [4.69, 9.17) is 23.2 Å². The van der Waals surface area contributed by atoms with Gasteiger partial charge in [0.25, 0.3) is 0 Å². The van der Waals surface area contributed by atoms with Crippen molar-refractivity contribution < 1.29 is 0 Å². The highest BCUT2D eigenvalue weighted by Gasteiger charge is 2.53. The molecule has 0 aliphatic carbocycles. The molecule has 2 atom stereocenters. The average molecular weight is 301 g/mol. The molecule has 0 radical (unpaired) electrons. The monoisotopic (exact) mass is 300 g/mol. The molecule has 0 spiro atoms. The molecule has 0 aliphatic heterocycles. The first-order chi connectivity index (χ1) is 9.58. The third-order valence-corrected chi connectivity index (χ3v) is 4.40. The van der Waals surface area contributed by atoms with Crippen molar-refractivity contribution in [3.8, 4) is 12.1 Å². The summed E-state index contributed by atoms with van der Waals surface area (Å²) in [5.74, 6) is 0. The largest absolute Gasteiger partial charge is 0.196 e. The van der Waals surface area contributed by atoms with Crippen molar-refractivity contribution in [2.75, 3.05) is 0 Å². The summed E-state index contributed by atoms with van der Waals surface area (Å²) in [7, 11) is 0. The van der Waals surface area contributed by atoms with Gasteiger partial charge in [0.05, 0.1) is 12.1 Å². The molecule has 2 aromatic rings. The number of benzene rings is 2. The summed E-state index contributed by atoms with van der Waals surface area (Å²) in [4.78, 5) is -3.35. The lowest BCUT2D eigenvalue weighted by molar-refractivity contribution is 0.622. The van der Waals surface area contributed by atoms with Crippen LogP contribution in [-0.4, -0.2) is 0 Å². The van der Waals surface area contributed by atoms with Gasteiger partial charge < -0.3 is 0 Å². The summed E-state index contributed by atoms with van der Waals surface area (Å²) in [6, 6.07) is 21.4. The minimum absolute atomic E-state index is 0.490. The summed E-state index contributed by atoms with van der Waals surface area (Å²) >= 11 is 13.0. The third kappa shape index (κ3) is 2.14. The lowest BCUT2D eigenvalue weighted by Crippen LogP contribution is -2.39. The van der Waals surface area contributed by atoms with E-state index in [1.165, 1.54) is 0 Å². The van der Waals surface area contributed by atoms with Crippen LogP contribution in [0.1, 0.15) is 11.1 Å². The van der Waals surface area contributed by atoms with Gasteiger partial charge in [-0.05, 0) is 11.1 Å². The number of rotatable bonds is 3. The fourth-order valence-corrected chi connectivity index (χ4v) is 2.57. The van der Waals surface area contributed by atoms with Crippen molar-refractivity contribution in [2.45, 2.75) is 9.75 Å². The first kappa shape index (κ1) is 14.4. The van der Waals surface area contributed by atoms with Gasteiger partial charge >= 0.3 is 0 Å². The molecule has 2 unspecified atom stereocenters. The smallest absolute Gasteiger partial charge is 0.192 e. The van der Waals surface area contributed by atoms with Crippen LogP contribution in [0.4, 0.5) is 0 Å². The van der Waals surface area contributed by atoms with Gasteiger partial charge in [-0.1, -0.05) is 83.9 Å². The van der Waals surface area contributed by atoms with Crippen LogP contribution in [0.5, 0.6) is 0 Å². The topological polar surface area (TPSA) is 47.6 Å². The van der Waals surface area contributed by atoms with Crippen molar-refractivity contribution in [3.63, 3.8) is 0 Å². The molecule has 0 bridgehead atoms. The molecule has 20 heavy (non-hydrogen) atoms. The maximum Gasteiger partial charge on any atom is 0.192 e. The average Bonchev–Trinajstić information content (AvgIpc) is 2.54. The zero-order chi connectivity index (χ0) is 14.6. The predicted molar refractivity (Wildman–Crippen MR) is 79.2 cm³/mol. The Hall–Kier alpha value is -2.00. The summed E-state index contributed by atoms with van der Waals surface area (Å²) in [6.45, 7) is 0. The van der Waals surface area contributed by atoms with Gasteiger partial charge in [-0.25, -0.2) is 0 Å². The van der Waals surface area contributed by atoms with Crippen LogP contribution in [0.25, 0.3) is 0 Å². The van der Waals surface area contributed by atoms with E-state index in [0.29, 0.717) is 11.1 Å². The van der Waals surface area contributed by atoms with E-state index < -0.39 is 9.75 Å². The Kier molecular flexibility index (Phi) is 4.00. The van der Waals surface area contributed by atoms with Crippen LogP contribution < -0.4 is 0 Å². The standard InChI is InChI=1S/C16H10Cl2N2/c17-15(11-19,13-7-3-1-4-8-13)16(18,12-20)14-9-5-2-6-10-14/h1-10H. The Morgan fingerprint density at radius 3 is 1.20 bits per heavy atom. The first-order valence-corrected chi connectivity index (χ1v) is 6.65. The second kappa shape index (κ2) is 5.55. The van der Waals surface area contributed by atoms with Gasteiger partial charge in [-0.2, -0.15) is 10.5 Å². The highest BCUT2D eigenvalue weighted by Crippen LogP contribution is 2.49. The fourth-order valence-electron chi connectivity index (χ4n) is 2.02. The number of halogens is 2. The van der Waals surface area contributed by atoms with Gasteiger partial charge in [0.2, 0.25) is 0 Å². The van der Waals surface area contributed by atoms with E-state index in [-0.39, 0.29) is 0 Å². The van der Waals surface area contributed by atoms with Crippen LogP contribution in [0.3, 0.4) is 0 Å². The van der Waals surface area contributed by atoms with Gasteiger partial charge in [0, 0.05) is 0 Å². The maximum absolute atomic E-state index is 9.55. The van der Waals surface area contributed by atoms with E-state index in [1.54, 1.807) is 48.5 Å². The molecular formula is C16H10Cl2N2. The van der Waals surface area contributed by atoms with E-state index >= 15 is 0 Å². The van der Waals surface area contributed by atoms with Crippen molar-refractivity contribution >= 4 is 23.2 Å². The second-order valence-corrected chi connectivity index (χ2v) is 5.41. The molecule has 0 aromatic heterocycles. The minimum atomic E-state index is -1.67. The lowest BCUT2D eigenvalue weighted by atomic mass is 9.81. The summed E-state index contributed by atoms with van der Waals surface area (Å²) in [5.41, 5.74) is 0.981. The lowest BCUT2D eigenvalue weighted by Gasteiger charge is -2.32. The highest BCUT2D eigenvalue weighted by molar-refractivity contribution is 6.37. The normalized spacial score (nSPS) is 16.2. The second-order valence-electron chi connectivity index (χ2n) is 4.27. The molecule has 98 valence electrons. The SMILES string of the molecule is N#CC(Cl)(c1ccccc1)C(Cl)(C#N)c1ccccc1. The molecule has 0 aliphatic rings. The molecular weight excluding hydrogens is 291 g/mol. The Bertz CT molecular complexity index is 612. The molecule has 2 rings (SSSR count). The van der Waals surface area contributed by atoms with Crippen molar-refractivity contribution in [2.24, 2.45) is 0 Å². The fraction of sp³-hybridized carbons (Fsp3) is 0.125. The maximum atomic E-state index is 9.55. The van der Waals surface area contributed by atoms with Crippen LogP contribution >= 0.6 is 23.2 Å². The molecule has 0 saturated heterocycles. The Balaban J connectivity index is 2.66. The van der Waals surface area contributed by atoms with Gasteiger partial charge in [-0.15, -0.1) is 0 Å². The number of alkyl halides is 2. The summed E-state index contributed by atoms with van der Waals surface area (Å²) < 4.78 is 0. The van der Waals surface area contributed by atoms with Gasteiger partial charge in [0.15, 0.2) is 9.75 Å².